The molecule has 3 aromatic heterocycles. The normalized spacial score (nSPS) is 16.3. The van der Waals surface area contributed by atoms with Crippen LogP contribution in [0.3, 0.4) is 0 Å². The number of aromatic nitrogens is 6. The van der Waals surface area contributed by atoms with Gasteiger partial charge in [-0.15, -0.1) is 5.10 Å². The van der Waals surface area contributed by atoms with E-state index in [1.807, 2.05) is 29.8 Å². The van der Waals surface area contributed by atoms with Gasteiger partial charge in [0.25, 0.3) is 5.56 Å². The standard InChI is InChI=1S/C22H24ClN7O3/c1-12-24-20(28-30(12)17-9-4-5-10-33-17)13-7-6-8-14(19(13)32-3)25-15-11-16(23)26-21-18(15)22(31)29(2)27-21/h6-8,11,17H,4-5,9-10H2,1-3H3,(H2,25,26,27). The minimum Gasteiger partial charge on any atom is -0.494 e. The van der Waals surface area contributed by atoms with E-state index in [-0.39, 0.29) is 16.9 Å². The molecule has 1 aliphatic rings. The summed E-state index contributed by atoms with van der Waals surface area (Å²) in [6.45, 7) is 2.64. The second-order valence-corrected chi connectivity index (χ2v) is 8.34. The summed E-state index contributed by atoms with van der Waals surface area (Å²) in [6, 6.07) is 7.24. The van der Waals surface area contributed by atoms with Gasteiger partial charge in [0.05, 0.1) is 24.0 Å². The lowest BCUT2D eigenvalue weighted by Gasteiger charge is -2.23. The van der Waals surface area contributed by atoms with E-state index in [9.17, 15) is 4.79 Å². The number of aryl methyl sites for hydroxylation is 2. The summed E-state index contributed by atoms with van der Waals surface area (Å²) >= 11 is 6.20. The number of hydrogen-bond acceptors (Lipinski definition) is 7. The molecule has 4 aromatic rings. The molecule has 2 N–H and O–H groups in total. The average Bonchev–Trinajstić information content (AvgIpc) is 3.33. The highest BCUT2D eigenvalue weighted by Crippen LogP contribution is 2.38. The number of pyridine rings is 1. The molecule has 1 aromatic carbocycles. The average molecular weight is 470 g/mol. The van der Waals surface area contributed by atoms with Crippen molar-refractivity contribution >= 4 is 34.0 Å². The van der Waals surface area contributed by atoms with Crippen LogP contribution in [0.2, 0.25) is 5.15 Å². The number of nitrogens with one attached hydrogen (secondary N) is 2. The van der Waals surface area contributed by atoms with Crippen LogP contribution in [0.25, 0.3) is 22.4 Å². The monoisotopic (exact) mass is 469 g/mol. The lowest BCUT2D eigenvalue weighted by Crippen LogP contribution is -2.20. The summed E-state index contributed by atoms with van der Waals surface area (Å²) < 4.78 is 14.8. The first-order chi connectivity index (χ1) is 16.0. The van der Waals surface area contributed by atoms with E-state index < -0.39 is 0 Å². The summed E-state index contributed by atoms with van der Waals surface area (Å²) in [4.78, 5) is 21.5. The molecule has 0 aliphatic carbocycles. The second-order valence-electron chi connectivity index (χ2n) is 7.95. The first kappa shape index (κ1) is 21.5. The van der Waals surface area contributed by atoms with Gasteiger partial charge in [0.2, 0.25) is 0 Å². The van der Waals surface area contributed by atoms with E-state index in [0.29, 0.717) is 34.0 Å². The van der Waals surface area contributed by atoms with Crippen molar-refractivity contribution in [3.8, 4) is 17.1 Å². The van der Waals surface area contributed by atoms with Gasteiger partial charge < -0.3 is 14.8 Å². The second kappa shape index (κ2) is 8.53. The summed E-state index contributed by atoms with van der Waals surface area (Å²) in [6.07, 6.45) is 2.97. The Labute approximate surface area is 194 Å². The highest BCUT2D eigenvalue weighted by molar-refractivity contribution is 6.30. The smallest absolute Gasteiger partial charge is 0.277 e. The third kappa shape index (κ3) is 3.85. The molecule has 172 valence electrons. The lowest BCUT2D eigenvalue weighted by atomic mass is 10.1. The van der Waals surface area contributed by atoms with Gasteiger partial charge in [-0.1, -0.05) is 17.7 Å². The maximum absolute atomic E-state index is 12.6. The fourth-order valence-electron chi connectivity index (χ4n) is 4.17. The van der Waals surface area contributed by atoms with Crippen LogP contribution in [-0.4, -0.2) is 43.2 Å². The van der Waals surface area contributed by atoms with Crippen molar-refractivity contribution in [3.05, 3.63) is 45.6 Å². The zero-order chi connectivity index (χ0) is 23.1. The van der Waals surface area contributed by atoms with E-state index in [0.717, 1.165) is 37.3 Å². The van der Waals surface area contributed by atoms with Crippen molar-refractivity contribution in [2.75, 3.05) is 19.0 Å². The number of methoxy groups -OCH3 is 1. The number of aromatic amines is 1. The van der Waals surface area contributed by atoms with E-state index >= 15 is 0 Å². The van der Waals surface area contributed by atoms with Crippen LogP contribution in [0.1, 0.15) is 31.3 Å². The molecule has 0 bridgehead atoms. The molecular weight excluding hydrogens is 446 g/mol. The molecule has 5 rings (SSSR count). The molecular formula is C22H24ClN7O3. The fourth-order valence-corrected chi connectivity index (χ4v) is 4.36. The zero-order valence-electron chi connectivity index (χ0n) is 18.6. The van der Waals surface area contributed by atoms with E-state index in [2.05, 4.69) is 20.4 Å². The van der Waals surface area contributed by atoms with Gasteiger partial charge in [0.1, 0.15) is 16.4 Å². The Hall–Kier alpha value is -3.37. The topological polar surface area (TPSA) is 112 Å². The number of nitrogens with zero attached hydrogens (tertiary/aromatic N) is 5. The number of rotatable bonds is 5. The molecule has 1 saturated heterocycles. The molecule has 0 saturated carbocycles. The van der Waals surface area contributed by atoms with E-state index in [1.54, 1.807) is 20.2 Å². The van der Waals surface area contributed by atoms with Gasteiger partial charge in [-0.25, -0.2) is 14.6 Å². The third-order valence-corrected chi connectivity index (χ3v) is 5.93. The predicted octanol–water partition coefficient (Wildman–Crippen LogP) is 3.93. The van der Waals surface area contributed by atoms with Crippen molar-refractivity contribution in [3.63, 3.8) is 0 Å². The molecule has 1 atom stereocenters. The minimum atomic E-state index is -0.213. The van der Waals surface area contributed by atoms with Crippen molar-refractivity contribution in [1.82, 2.24) is 29.5 Å². The molecule has 10 nitrogen and oxygen atoms in total. The third-order valence-electron chi connectivity index (χ3n) is 5.74. The van der Waals surface area contributed by atoms with E-state index in [4.69, 9.17) is 26.2 Å². The summed E-state index contributed by atoms with van der Waals surface area (Å²) in [5, 5.41) is 11.6. The number of H-pyrrole nitrogens is 1. The number of halogens is 1. The van der Waals surface area contributed by atoms with Crippen LogP contribution in [0.15, 0.2) is 29.1 Å². The van der Waals surface area contributed by atoms with Gasteiger partial charge >= 0.3 is 0 Å². The number of benzene rings is 1. The summed E-state index contributed by atoms with van der Waals surface area (Å²) in [7, 11) is 3.21. The minimum absolute atomic E-state index is 0.107. The largest absolute Gasteiger partial charge is 0.494 e. The lowest BCUT2D eigenvalue weighted by molar-refractivity contribution is -0.0408. The Bertz CT molecular complexity index is 1380. The van der Waals surface area contributed by atoms with Crippen LogP contribution in [0.4, 0.5) is 11.4 Å². The summed E-state index contributed by atoms with van der Waals surface area (Å²) in [5.41, 5.74) is 2.07. The molecule has 4 heterocycles. The molecule has 0 amide bonds. The Kier molecular flexibility index (Phi) is 5.55. The molecule has 1 aliphatic heterocycles. The fraction of sp³-hybridized carbons (Fsp3) is 0.364. The Morgan fingerprint density at radius 1 is 1.27 bits per heavy atom. The number of para-hydroxylation sites is 1. The maximum Gasteiger partial charge on any atom is 0.277 e. The summed E-state index contributed by atoms with van der Waals surface area (Å²) in [5.74, 6) is 1.86. The van der Waals surface area contributed by atoms with Crippen LogP contribution < -0.4 is 15.6 Å². The highest BCUT2D eigenvalue weighted by Gasteiger charge is 2.23. The SMILES string of the molecule is COc1c(Nc2cc(Cl)nc3[nH]n(C)c(=O)c23)cccc1-c1nc(C)n(C2CCCCO2)n1. The Balaban J connectivity index is 1.56. The molecule has 11 heteroatoms. The van der Waals surface area contributed by atoms with Crippen LogP contribution >= 0.6 is 11.6 Å². The van der Waals surface area contributed by atoms with E-state index in [1.165, 1.54) is 4.68 Å². The van der Waals surface area contributed by atoms with Gasteiger partial charge in [-0.2, -0.15) is 0 Å². The zero-order valence-corrected chi connectivity index (χ0v) is 19.3. The van der Waals surface area contributed by atoms with Gasteiger partial charge in [-0.05, 0) is 44.4 Å². The molecule has 1 fully saturated rings. The number of hydrogen-bond donors (Lipinski definition) is 2. The molecule has 0 radical (unpaired) electrons. The number of ether oxygens (including phenoxy) is 2. The quantitative estimate of drug-likeness (QED) is 0.426. The van der Waals surface area contributed by atoms with Crippen molar-refractivity contribution in [2.24, 2.45) is 7.05 Å². The van der Waals surface area contributed by atoms with Crippen molar-refractivity contribution < 1.29 is 9.47 Å². The van der Waals surface area contributed by atoms with Crippen LogP contribution in [0, 0.1) is 6.92 Å². The Morgan fingerprint density at radius 3 is 2.88 bits per heavy atom. The molecule has 1 unspecified atom stereocenters. The van der Waals surface area contributed by atoms with Gasteiger partial charge in [0, 0.05) is 13.7 Å². The number of anilines is 2. The van der Waals surface area contributed by atoms with Crippen LogP contribution in [0.5, 0.6) is 5.75 Å². The number of fused-ring (bicyclic) bond motifs is 1. The maximum atomic E-state index is 12.6. The van der Waals surface area contributed by atoms with Crippen molar-refractivity contribution in [1.29, 1.82) is 0 Å². The first-order valence-corrected chi connectivity index (χ1v) is 11.1. The van der Waals surface area contributed by atoms with Gasteiger partial charge in [-0.3, -0.25) is 14.6 Å². The highest BCUT2D eigenvalue weighted by atomic mass is 35.5. The van der Waals surface area contributed by atoms with Crippen molar-refractivity contribution in [2.45, 2.75) is 32.4 Å². The van der Waals surface area contributed by atoms with Gasteiger partial charge in [0.15, 0.2) is 23.4 Å². The molecule has 0 spiro atoms. The predicted molar refractivity (Wildman–Crippen MR) is 125 cm³/mol. The first-order valence-electron chi connectivity index (χ1n) is 10.7. The molecule has 33 heavy (non-hydrogen) atoms. The van der Waals surface area contributed by atoms with Crippen LogP contribution in [-0.2, 0) is 11.8 Å². The Morgan fingerprint density at radius 2 is 2.12 bits per heavy atom.